The van der Waals surface area contributed by atoms with Gasteiger partial charge in [0.2, 0.25) is 0 Å². The van der Waals surface area contributed by atoms with Crippen LogP contribution in [0.1, 0.15) is 22.3 Å². The highest BCUT2D eigenvalue weighted by atomic mass is 19.4. The molecule has 0 saturated carbocycles. The Labute approximate surface area is 192 Å². The van der Waals surface area contributed by atoms with Crippen molar-refractivity contribution in [2.24, 2.45) is 5.10 Å². The van der Waals surface area contributed by atoms with Crippen LogP contribution < -0.4 is 14.9 Å². The summed E-state index contributed by atoms with van der Waals surface area (Å²) in [4.78, 5) is 10.2. The van der Waals surface area contributed by atoms with Crippen LogP contribution in [0, 0.1) is 21.4 Å². The lowest BCUT2D eigenvalue weighted by atomic mass is 10.1. The van der Waals surface area contributed by atoms with Crippen LogP contribution in [-0.4, -0.2) is 18.2 Å². The summed E-state index contributed by atoms with van der Waals surface area (Å²) in [6.45, 7) is 0.146. The molecule has 0 aliphatic carbocycles. The van der Waals surface area contributed by atoms with Gasteiger partial charge in [-0.2, -0.15) is 23.5 Å². The monoisotopic (exact) mass is 470 g/mol. The average molecular weight is 470 g/mol. The first-order valence-corrected chi connectivity index (χ1v) is 9.66. The highest BCUT2D eigenvalue weighted by Gasteiger charge is 2.33. The molecule has 174 valence electrons. The first-order valence-electron chi connectivity index (χ1n) is 9.66. The zero-order valence-corrected chi connectivity index (χ0v) is 17.7. The van der Waals surface area contributed by atoms with E-state index in [-0.39, 0.29) is 12.3 Å². The lowest BCUT2D eigenvalue weighted by Crippen LogP contribution is -2.06. The Bertz CT molecular complexity index is 1270. The molecule has 0 aliphatic heterocycles. The number of nitrogens with one attached hydrogen (secondary N) is 1. The number of hydrogen-bond acceptors (Lipinski definition) is 7. The third kappa shape index (κ3) is 5.80. The molecule has 0 unspecified atom stereocenters. The molecule has 0 heterocycles. The third-order valence-corrected chi connectivity index (χ3v) is 4.63. The van der Waals surface area contributed by atoms with Gasteiger partial charge in [-0.1, -0.05) is 18.2 Å². The predicted octanol–water partition coefficient (Wildman–Crippen LogP) is 5.52. The number of nitrogens with zero attached hydrogens (tertiary/aromatic N) is 3. The highest BCUT2D eigenvalue weighted by Crippen LogP contribution is 2.35. The summed E-state index contributed by atoms with van der Waals surface area (Å²) in [7, 11) is 1.44. The number of methoxy groups -OCH3 is 1. The van der Waals surface area contributed by atoms with E-state index < -0.39 is 22.4 Å². The van der Waals surface area contributed by atoms with E-state index in [9.17, 15) is 28.5 Å². The smallest absolute Gasteiger partial charge is 0.416 e. The standard InChI is InChI=1S/C23H17F3N4O4/c1-33-22-10-15(6-9-21(22)34-14-17-5-3-2-4-16(17)12-27)13-28-29-19-8-7-18(23(24,25)26)11-20(19)30(31)32/h2-11,13,29H,14H2,1H3/b28-13-. The van der Waals surface area contributed by atoms with E-state index in [0.717, 1.165) is 12.1 Å². The van der Waals surface area contributed by atoms with E-state index in [2.05, 4.69) is 16.6 Å². The molecule has 0 bridgehead atoms. The van der Waals surface area contributed by atoms with Crippen LogP contribution >= 0.6 is 0 Å². The number of halogens is 3. The molecule has 8 nitrogen and oxygen atoms in total. The molecule has 3 rings (SSSR count). The van der Waals surface area contributed by atoms with Crippen LogP contribution in [0.5, 0.6) is 11.5 Å². The molecule has 0 radical (unpaired) electrons. The number of nitro benzene ring substituents is 1. The van der Waals surface area contributed by atoms with Crippen LogP contribution in [-0.2, 0) is 12.8 Å². The van der Waals surface area contributed by atoms with Crippen molar-refractivity contribution in [3.05, 3.63) is 93.0 Å². The molecule has 0 amide bonds. The van der Waals surface area contributed by atoms with Crippen LogP contribution in [0.25, 0.3) is 0 Å². The van der Waals surface area contributed by atoms with E-state index in [0.29, 0.717) is 34.3 Å². The van der Waals surface area contributed by atoms with Gasteiger partial charge in [-0.3, -0.25) is 15.5 Å². The predicted molar refractivity (Wildman–Crippen MR) is 118 cm³/mol. The van der Waals surface area contributed by atoms with Gasteiger partial charge in [0.1, 0.15) is 12.3 Å². The van der Waals surface area contributed by atoms with Crippen LogP contribution in [0.3, 0.4) is 0 Å². The number of anilines is 1. The largest absolute Gasteiger partial charge is 0.493 e. The van der Waals surface area contributed by atoms with Crippen molar-refractivity contribution in [1.82, 2.24) is 0 Å². The zero-order valence-electron chi connectivity index (χ0n) is 17.7. The number of rotatable bonds is 8. The molecule has 11 heteroatoms. The van der Waals surface area contributed by atoms with Gasteiger partial charge in [-0.05, 0) is 42.0 Å². The number of benzene rings is 3. The summed E-state index contributed by atoms with van der Waals surface area (Å²) in [5, 5.41) is 24.2. The Kier molecular flexibility index (Phi) is 7.33. The fourth-order valence-corrected chi connectivity index (χ4v) is 2.92. The first-order chi connectivity index (χ1) is 16.2. The van der Waals surface area contributed by atoms with Crippen LogP contribution in [0.15, 0.2) is 65.8 Å². The van der Waals surface area contributed by atoms with Gasteiger partial charge in [0, 0.05) is 11.6 Å². The van der Waals surface area contributed by atoms with Gasteiger partial charge in [0.25, 0.3) is 5.69 Å². The van der Waals surface area contributed by atoms with Crippen molar-refractivity contribution in [3.63, 3.8) is 0 Å². The second-order valence-corrected chi connectivity index (χ2v) is 6.82. The first kappa shape index (κ1) is 24.1. The normalized spacial score (nSPS) is 11.1. The molecule has 0 aromatic heterocycles. The summed E-state index contributed by atoms with van der Waals surface area (Å²) in [5.41, 5.74) is 2.04. The summed E-state index contributed by atoms with van der Waals surface area (Å²) >= 11 is 0. The lowest BCUT2D eigenvalue weighted by molar-refractivity contribution is -0.384. The number of ether oxygens (including phenoxy) is 2. The zero-order chi connectivity index (χ0) is 24.7. The Morgan fingerprint density at radius 1 is 1.15 bits per heavy atom. The minimum atomic E-state index is -4.70. The van der Waals surface area contributed by atoms with Gasteiger partial charge in [0.05, 0.1) is 35.4 Å². The molecule has 1 N–H and O–H groups in total. The molecule has 0 spiro atoms. The molecule has 0 saturated heterocycles. The molecule has 0 atom stereocenters. The van der Waals surface area contributed by atoms with Crippen molar-refractivity contribution >= 4 is 17.6 Å². The minimum absolute atomic E-state index is 0.146. The molecular weight excluding hydrogens is 453 g/mol. The molecule has 3 aromatic carbocycles. The fourth-order valence-electron chi connectivity index (χ4n) is 2.92. The lowest BCUT2D eigenvalue weighted by Gasteiger charge is -2.12. The maximum absolute atomic E-state index is 12.8. The number of hydrazone groups is 1. The maximum atomic E-state index is 12.8. The van der Waals surface area contributed by atoms with Crippen LogP contribution in [0.2, 0.25) is 0 Å². The van der Waals surface area contributed by atoms with Crippen LogP contribution in [0.4, 0.5) is 24.5 Å². The number of alkyl halides is 3. The second kappa shape index (κ2) is 10.4. The van der Waals surface area contributed by atoms with E-state index in [1.165, 1.54) is 13.3 Å². The molecule has 0 aliphatic rings. The third-order valence-electron chi connectivity index (χ3n) is 4.63. The summed E-state index contributed by atoms with van der Waals surface area (Å²) in [6.07, 6.45) is -3.39. The van der Waals surface area contributed by atoms with Crippen molar-refractivity contribution in [1.29, 1.82) is 5.26 Å². The van der Waals surface area contributed by atoms with Gasteiger partial charge < -0.3 is 9.47 Å². The summed E-state index contributed by atoms with van der Waals surface area (Å²) in [6, 6.07) is 16.1. The van der Waals surface area contributed by atoms with Gasteiger partial charge in [-0.25, -0.2) is 0 Å². The van der Waals surface area contributed by atoms with Gasteiger partial charge in [-0.15, -0.1) is 0 Å². The number of nitriles is 1. The Balaban J connectivity index is 1.73. The van der Waals surface area contributed by atoms with Gasteiger partial charge >= 0.3 is 6.18 Å². The Morgan fingerprint density at radius 2 is 1.91 bits per heavy atom. The van der Waals surface area contributed by atoms with Crippen molar-refractivity contribution < 1.29 is 27.6 Å². The van der Waals surface area contributed by atoms with E-state index in [1.807, 2.05) is 0 Å². The molecule has 3 aromatic rings. The van der Waals surface area contributed by atoms with E-state index >= 15 is 0 Å². The summed E-state index contributed by atoms with van der Waals surface area (Å²) in [5.74, 6) is 0.789. The molecule has 0 fully saturated rings. The second-order valence-electron chi connectivity index (χ2n) is 6.82. The van der Waals surface area contributed by atoms with E-state index in [4.69, 9.17) is 9.47 Å². The minimum Gasteiger partial charge on any atom is -0.493 e. The Hall–Kier alpha value is -4.59. The summed E-state index contributed by atoms with van der Waals surface area (Å²) < 4.78 is 49.5. The van der Waals surface area contributed by atoms with Gasteiger partial charge in [0.15, 0.2) is 11.5 Å². The van der Waals surface area contributed by atoms with Crippen molar-refractivity contribution in [2.75, 3.05) is 12.5 Å². The number of hydrogen-bond donors (Lipinski definition) is 1. The van der Waals surface area contributed by atoms with E-state index in [1.54, 1.807) is 42.5 Å². The SMILES string of the molecule is COc1cc(/C=N\Nc2ccc(C(F)(F)F)cc2[N+](=O)[O-])ccc1OCc1ccccc1C#N. The highest BCUT2D eigenvalue weighted by molar-refractivity contribution is 5.82. The topological polar surface area (TPSA) is 110 Å². The molecule has 34 heavy (non-hydrogen) atoms. The average Bonchev–Trinajstić information content (AvgIpc) is 2.82. The van der Waals surface area contributed by atoms with Crippen molar-refractivity contribution in [2.45, 2.75) is 12.8 Å². The molecular formula is C23H17F3N4O4. The fraction of sp³-hybridized carbons (Fsp3) is 0.130. The maximum Gasteiger partial charge on any atom is 0.416 e. The van der Waals surface area contributed by atoms with Crippen molar-refractivity contribution in [3.8, 4) is 17.6 Å². The quantitative estimate of drug-likeness (QED) is 0.264. The Morgan fingerprint density at radius 3 is 2.59 bits per heavy atom. The number of nitro groups is 1.